The van der Waals surface area contributed by atoms with Crippen LogP contribution < -0.4 is 5.73 Å². The highest BCUT2D eigenvalue weighted by molar-refractivity contribution is 9.10. The van der Waals surface area contributed by atoms with Crippen LogP contribution in [0.3, 0.4) is 0 Å². The van der Waals surface area contributed by atoms with Gasteiger partial charge in [-0.05, 0) is 37.5 Å². The van der Waals surface area contributed by atoms with Crippen LogP contribution in [0.4, 0.5) is 0 Å². The zero-order valence-corrected chi connectivity index (χ0v) is 13.2. The minimum Gasteiger partial charge on any atom is -0.318 e. The van der Waals surface area contributed by atoms with E-state index >= 15 is 0 Å². The van der Waals surface area contributed by atoms with Crippen molar-refractivity contribution < 1.29 is 0 Å². The summed E-state index contributed by atoms with van der Waals surface area (Å²) in [7, 11) is 0. The van der Waals surface area contributed by atoms with Gasteiger partial charge in [0.25, 0.3) is 0 Å². The summed E-state index contributed by atoms with van der Waals surface area (Å²) in [5.41, 5.74) is 9.80. The van der Waals surface area contributed by atoms with Crippen LogP contribution in [0.1, 0.15) is 39.7 Å². The molecule has 4 heteroatoms. The van der Waals surface area contributed by atoms with E-state index in [1.54, 1.807) is 11.3 Å². The summed E-state index contributed by atoms with van der Waals surface area (Å²) in [6.07, 6.45) is 0.962. The average molecular weight is 325 g/mol. The smallest absolute Gasteiger partial charge is 0.114 e. The predicted molar refractivity (Wildman–Crippen MR) is 81.1 cm³/mol. The van der Waals surface area contributed by atoms with Crippen molar-refractivity contribution in [3.05, 3.63) is 49.4 Å². The van der Waals surface area contributed by atoms with Crippen LogP contribution in [0, 0.1) is 13.8 Å². The molecule has 0 aliphatic rings. The van der Waals surface area contributed by atoms with Gasteiger partial charge in [0.1, 0.15) is 5.01 Å². The van der Waals surface area contributed by atoms with E-state index < -0.39 is 0 Å². The first-order chi connectivity index (χ1) is 8.52. The number of aryl methyl sites for hydroxylation is 3. The quantitative estimate of drug-likeness (QED) is 0.921. The van der Waals surface area contributed by atoms with Crippen molar-refractivity contribution in [3.8, 4) is 0 Å². The molecule has 2 rings (SSSR count). The number of thiazole rings is 1. The maximum Gasteiger partial charge on any atom is 0.114 e. The lowest BCUT2D eigenvalue weighted by molar-refractivity contribution is 0.839. The minimum atomic E-state index is -0.149. The van der Waals surface area contributed by atoms with Crippen molar-refractivity contribution in [2.24, 2.45) is 5.73 Å². The van der Waals surface area contributed by atoms with Crippen LogP contribution >= 0.6 is 27.3 Å². The number of hydrogen-bond donors (Lipinski definition) is 1. The molecule has 0 saturated carbocycles. The molecule has 1 aromatic carbocycles. The number of aromatic nitrogens is 1. The third-order valence-corrected chi connectivity index (χ3v) is 4.78. The molecule has 2 aromatic rings. The lowest BCUT2D eigenvalue weighted by Gasteiger charge is -2.11. The number of halogens is 1. The van der Waals surface area contributed by atoms with Gasteiger partial charge in [-0.25, -0.2) is 4.98 Å². The molecule has 0 amide bonds. The molecule has 0 bridgehead atoms. The zero-order valence-electron chi connectivity index (χ0n) is 10.8. The molecule has 1 aromatic heterocycles. The first kappa shape index (κ1) is 13.7. The van der Waals surface area contributed by atoms with Gasteiger partial charge < -0.3 is 5.73 Å². The van der Waals surface area contributed by atoms with Crippen molar-refractivity contribution in [1.29, 1.82) is 0 Å². The molecule has 0 aliphatic carbocycles. The molecule has 0 aliphatic heterocycles. The number of nitrogens with two attached hydrogens (primary N) is 1. The number of hydrogen-bond acceptors (Lipinski definition) is 3. The summed E-state index contributed by atoms with van der Waals surface area (Å²) in [4.78, 5) is 5.91. The normalized spacial score (nSPS) is 12.7. The molecule has 0 fully saturated rings. The maximum absolute atomic E-state index is 6.32. The van der Waals surface area contributed by atoms with E-state index in [2.05, 4.69) is 59.9 Å². The van der Waals surface area contributed by atoms with Crippen molar-refractivity contribution in [2.45, 2.75) is 33.2 Å². The number of rotatable bonds is 3. The number of benzene rings is 1. The first-order valence-electron chi connectivity index (χ1n) is 6.00. The second kappa shape index (κ2) is 5.51. The highest BCUT2D eigenvalue weighted by Crippen LogP contribution is 2.31. The van der Waals surface area contributed by atoms with Crippen molar-refractivity contribution >= 4 is 27.3 Å². The third kappa shape index (κ3) is 2.66. The minimum absolute atomic E-state index is 0.149. The van der Waals surface area contributed by atoms with Crippen LogP contribution in [0.5, 0.6) is 0 Å². The van der Waals surface area contributed by atoms with Gasteiger partial charge in [-0.15, -0.1) is 11.3 Å². The largest absolute Gasteiger partial charge is 0.318 e. The summed E-state index contributed by atoms with van der Waals surface area (Å²) in [5, 5.41) is 0.994. The molecule has 1 unspecified atom stereocenters. The third-order valence-electron chi connectivity index (χ3n) is 3.00. The highest BCUT2D eigenvalue weighted by Gasteiger charge is 2.17. The summed E-state index contributed by atoms with van der Waals surface area (Å²) >= 11 is 5.28. The molecule has 1 atom stereocenters. The fraction of sp³-hybridized carbons (Fsp3) is 0.357. The Kier molecular flexibility index (Phi) is 4.20. The van der Waals surface area contributed by atoms with Crippen LogP contribution in [0.15, 0.2) is 22.7 Å². The van der Waals surface area contributed by atoms with Gasteiger partial charge >= 0.3 is 0 Å². The van der Waals surface area contributed by atoms with Crippen LogP contribution in [0.2, 0.25) is 0 Å². The van der Waals surface area contributed by atoms with Gasteiger partial charge in [0, 0.05) is 9.35 Å². The highest BCUT2D eigenvalue weighted by atomic mass is 79.9. The molecular weight excluding hydrogens is 308 g/mol. The Morgan fingerprint density at radius 2 is 2.11 bits per heavy atom. The topological polar surface area (TPSA) is 38.9 Å². The van der Waals surface area contributed by atoms with Gasteiger partial charge in [-0.1, -0.05) is 35.0 Å². The van der Waals surface area contributed by atoms with Crippen molar-refractivity contribution in [2.75, 3.05) is 0 Å². The molecule has 2 N–H and O–H groups in total. The zero-order chi connectivity index (χ0) is 13.3. The Balaban J connectivity index is 2.37. The Bertz CT molecular complexity index is 563. The van der Waals surface area contributed by atoms with Gasteiger partial charge in [0.15, 0.2) is 0 Å². The second-order valence-corrected chi connectivity index (χ2v) is 6.50. The van der Waals surface area contributed by atoms with Gasteiger partial charge in [0.05, 0.1) is 11.7 Å². The van der Waals surface area contributed by atoms with E-state index in [9.17, 15) is 0 Å². The molecule has 2 nitrogen and oxygen atoms in total. The summed E-state index contributed by atoms with van der Waals surface area (Å²) in [6, 6.07) is 6.10. The van der Waals surface area contributed by atoms with E-state index in [-0.39, 0.29) is 6.04 Å². The first-order valence-corrected chi connectivity index (χ1v) is 7.61. The molecule has 0 saturated heterocycles. The monoisotopic (exact) mass is 324 g/mol. The average Bonchev–Trinajstić information content (AvgIpc) is 2.70. The molecule has 0 spiro atoms. The molecule has 1 heterocycles. The van der Waals surface area contributed by atoms with Crippen LogP contribution in [-0.2, 0) is 6.42 Å². The SMILES string of the molecule is CCc1nc(C(N)c2ccc(C)cc2Br)sc1C. The van der Waals surface area contributed by atoms with E-state index in [4.69, 9.17) is 5.73 Å². The van der Waals surface area contributed by atoms with E-state index in [1.165, 1.54) is 10.4 Å². The Hall–Kier alpha value is -0.710. The lowest BCUT2D eigenvalue weighted by atomic mass is 10.1. The Labute approximate surface area is 120 Å². The molecule has 0 radical (unpaired) electrons. The maximum atomic E-state index is 6.32. The fourth-order valence-electron chi connectivity index (χ4n) is 1.93. The molecule has 18 heavy (non-hydrogen) atoms. The summed E-state index contributed by atoms with van der Waals surface area (Å²) in [5.74, 6) is 0. The second-order valence-electron chi connectivity index (χ2n) is 4.41. The van der Waals surface area contributed by atoms with Crippen LogP contribution in [0.25, 0.3) is 0 Å². The van der Waals surface area contributed by atoms with Crippen LogP contribution in [-0.4, -0.2) is 4.98 Å². The molecule has 96 valence electrons. The van der Waals surface area contributed by atoms with Crippen molar-refractivity contribution in [3.63, 3.8) is 0 Å². The predicted octanol–water partition coefficient (Wildman–Crippen LogP) is 4.13. The van der Waals surface area contributed by atoms with Gasteiger partial charge in [-0.3, -0.25) is 0 Å². The van der Waals surface area contributed by atoms with E-state index in [0.29, 0.717) is 0 Å². The lowest BCUT2D eigenvalue weighted by Crippen LogP contribution is -2.12. The number of nitrogens with zero attached hydrogens (tertiary/aromatic N) is 1. The van der Waals surface area contributed by atoms with E-state index in [1.807, 2.05) is 0 Å². The summed E-state index contributed by atoms with van der Waals surface area (Å²) < 4.78 is 1.06. The van der Waals surface area contributed by atoms with Gasteiger partial charge in [-0.2, -0.15) is 0 Å². The van der Waals surface area contributed by atoms with E-state index in [0.717, 1.165) is 27.2 Å². The standard InChI is InChI=1S/C14H17BrN2S/c1-4-12-9(3)18-14(17-12)13(16)10-6-5-8(2)7-11(10)15/h5-7,13H,4,16H2,1-3H3. The molecular formula is C14H17BrN2S. The fourth-order valence-corrected chi connectivity index (χ4v) is 3.70. The summed E-state index contributed by atoms with van der Waals surface area (Å²) in [6.45, 7) is 6.30. The Morgan fingerprint density at radius 1 is 1.39 bits per heavy atom. The van der Waals surface area contributed by atoms with Gasteiger partial charge in [0.2, 0.25) is 0 Å². The Morgan fingerprint density at radius 3 is 2.67 bits per heavy atom. The van der Waals surface area contributed by atoms with Crippen molar-refractivity contribution in [1.82, 2.24) is 4.98 Å².